The summed E-state index contributed by atoms with van der Waals surface area (Å²) in [6.07, 6.45) is 17.2. The van der Waals surface area contributed by atoms with E-state index in [1.807, 2.05) is 0 Å². The molecule has 0 fully saturated rings. The molecule has 0 aliphatic heterocycles. The Bertz CT molecular complexity index is 154. The summed E-state index contributed by atoms with van der Waals surface area (Å²) in [5, 5.41) is 0. The van der Waals surface area contributed by atoms with Crippen molar-refractivity contribution in [1.82, 2.24) is 0 Å². The minimum Gasteiger partial charge on any atom is -0.0888 e. The van der Waals surface area contributed by atoms with Crippen LogP contribution < -0.4 is 0 Å². The van der Waals surface area contributed by atoms with Crippen LogP contribution >= 0.6 is 15.9 Å². The lowest BCUT2D eigenvalue weighted by Crippen LogP contribution is -2.06. The standard InChI is InChI=1S/C17H35Br/c1-4-5-6-7-8-9-10-11-12-13-14-15-17(18)16(2)3/h16-17H,4-15H2,1-3H3. The van der Waals surface area contributed by atoms with Gasteiger partial charge in [-0.2, -0.15) is 0 Å². The molecule has 0 aromatic carbocycles. The first-order valence-corrected chi connectivity index (χ1v) is 9.24. The number of hydrogen-bond acceptors (Lipinski definition) is 0. The van der Waals surface area contributed by atoms with Crippen molar-refractivity contribution in [2.75, 3.05) is 0 Å². The average Bonchev–Trinajstić information content (AvgIpc) is 2.35. The first kappa shape index (κ1) is 18.5. The molecule has 110 valence electrons. The lowest BCUT2D eigenvalue weighted by Gasteiger charge is -2.12. The first-order chi connectivity index (χ1) is 8.68. The van der Waals surface area contributed by atoms with Crippen molar-refractivity contribution < 1.29 is 0 Å². The van der Waals surface area contributed by atoms with Gasteiger partial charge >= 0.3 is 0 Å². The second-order valence-corrected chi connectivity index (χ2v) is 7.26. The van der Waals surface area contributed by atoms with Crippen LogP contribution in [0.5, 0.6) is 0 Å². The van der Waals surface area contributed by atoms with Crippen molar-refractivity contribution in [3.63, 3.8) is 0 Å². The maximum atomic E-state index is 3.77. The van der Waals surface area contributed by atoms with E-state index >= 15 is 0 Å². The molecule has 1 unspecified atom stereocenters. The highest BCUT2D eigenvalue weighted by Gasteiger charge is 2.07. The maximum Gasteiger partial charge on any atom is 0.0168 e. The van der Waals surface area contributed by atoms with E-state index in [1.54, 1.807) is 0 Å². The van der Waals surface area contributed by atoms with Crippen molar-refractivity contribution in [1.29, 1.82) is 0 Å². The van der Waals surface area contributed by atoms with Crippen molar-refractivity contribution >= 4 is 15.9 Å². The number of hydrogen-bond donors (Lipinski definition) is 0. The van der Waals surface area contributed by atoms with Gasteiger partial charge in [0.05, 0.1) is 0 Å². The summed E-state index contributed by atoms with van der Waals surface area (Å²) in [6, 6.07) is 0. The largest absolute Gasteiger partial charge is 0.0888 e. The minimum absolute atomic E-state index is 0.732. The Balaban J connectivity index is 3.03. The molecule has 0 radical (unpaired) electrons. The van der Waals surface area contributed by atoms with Crippen LogP contribution in [0.2, 0.25) is 0 Å². The van der Waals surface area contributed by atoms with Crippen LogP contribution in [-0.4, -0.2) is 4.83 Å². The van der Waals surface area contributed by atoms with E-state index in [4.69, 9.17) is 0 Å². The lowest BCUT2D eigenvalue weighted by molar-refractivity contribution is 0.517. The van der Waals surface area contributed by atoms with Crippen LogP contribution in [-0.2, 0) is 0 Å². The second kappa shape index (κ2) is 13.9. The molecule has 0 aliphatic carbocycles. The van der Waals surface area contributed by atoms with Gasteiger partial charge in [-0.15, -0.1) is 0 Å². The third kappa shape index (κ3) is 12.9. The van der Waals surface area contributed by atoms with E-state index < -0.39 is 0 Å². The molecule has 0 saturated carbocycles. The molecule has 0 aliphatic rings. The molecule has 0 amide bonds. The Hall–Kier alpha value is 0.480. The lowest BCUT2D eigenvalue weighted by atomic mass is 10.0. The topological polar surface area (TPSA) is 0 Å². The van der Waals surface area contributed by atoms with Crippen LogP contribution in [0.1, 0.15) is 97.8 Å². The SMILES string of the molecule is CCCCCCCCCCCCCC(Br)C(C)C. The Kier molecular flexibility index (Phi) is 14.3. The quantitative estimate of drug-likeness (QED) is 0.251. The Labute approximate surface area is 124 Å². The molecular weight excluding hydrogens is 284 g/mol. The Morgan fingerprint density at radius 2 is 1.06 bits per heavy atom. The fourth-order valence-corrected chi connectivity index (χ4v) is 2.66. The molecule has 0 spiro atoms. The van der Waals surface area contributed by atoms with E-state index in [-0.39, 0.29) is 0 Å². The summed E-state index contributed by atoms with van der Waals surface area (Å²) in [4.78, 5) is 0.732. The summed E-state index contributed by atoms with van der Waals surface area (Å²) in [7, 11) is 0. The highest BCUT2D eigenvalue weighted by atomic mass is 79.9. The van der Waals surface area contributed by atoms with Gasteiger partial charge in [0.15, 0.2) is 0 Å². The molecule has 0 saturated heterocycles. The van der Waals surface area contributed by atoms with Crippen LogP contribution in [0.15, 0.2) is 0 Å². The molecule has 0 nitrogen and oxygen atoms in total. The first-order valence-electron chi connectivity index (χ1n) is 8.32. The zero-order valence-electron chi connectivity index (χ0n) is 13.0. The summed E-state index contributed by atoms with van der Waals surface area (Å²) in [6.45, 7) is 6.90. The zero-order chi connectivity index (χ0) is 13.6. The van der Waals surface area contributed by atoms with Gasteiger partial charge in [-0.1, -0.05) is 107 Å². The minimum atomic E-state index is 0.732. The third-order valence-electron chi connectivity index (χ3n) is 3.81. The molecule has 0 aromatic rings. The summed E-state index contributed by atoms with van der Waals surface area (Å²) in [5.41, 5.74) is 0. The monoisotopic (exact) mass is 318 g/mol. The highest BCUT2D eigenvalue weighted by Crippen LogP contribution is 2.19. The van der Waals surface area contributed by atoms with Gasteiger partial charge in [0.25, 0.3) is 0 Å². The van der Waals surface area contributed by atoms with Gasteiger partial charge in [-0.05, 0) is 12.3 Å². The van der Waals surface area contributed by atoms with Gasteiger partial charge in [-0.25, -0.2) is 0 Å². The molecule has 18 heavy (non-hydrogen) atoms. The van der Waals surface area contributed by atoms with Crippen LogP contribution in [0.25, 0.3) is 0 Å². The molecule has 1 atom stereocenters. The smallest absolute Gasteiger partial charge is 0.0168 e. The van der Waals surface area contributed by atoms with Crippen molar-refractivity contribution in [3.05, 3.63) is 0 Å². The van der Waals surface area contributed by atoms with Crippen molar-refractivity contribution in [2.24, 2.45) is 5.92 Å². The van der Waals surface area contributed by atoms with E-state index in [2.05, 4.69) is 36.7 Å². The van der Waals surface area contributed by atoms with Gasteiger partial charge in [0.2, 0.25) is 0 Å². The zero-order valence-corrected chi connectivity index (χ0v) is 14.6. The van der Waals surface area contributed by atoms with Crippen LogP contribution in [0.3, 0.4) is 0 Å². The fraction of sp³-hybridized carbons (Fsp3) is 1.00. The molecule has 0 bridgehead atoms. The molecule has 0 heterocycles. The number of alkyl halides is 1. The molecule has 1 heteroatoms. The van der Waals surface area contributed by atoms with Gasteiger partial charge in [0, 0.05) is 4.83 Å². The summed E-state index contributed by atoms with van der Waals surface area (Å²) in [5.74, 6) is 0.785. The van der Waals surface area contributed by atoms with E-state index in [0.29, 0.717) is 0 Å². The predicted molar refractivity (Wildman–Crippen MR) is 88.6 cm³/mol. The van der Waals surface area contributed by atoms with Gasteiger partial charge in [0.1, 0.15) is 0 Å². The van der Waals surface area contributed by atoms with Crippen molar-refractivity contribution in [2.45, 2.75) is 103 Å². The maximum absolute atomic E-state index is 3.77. The predicted octanol–water partition coefficient (Wildman–Crippen LogP) is 7.11. The molecular formula is C17H35Br. The van der Waals surface area contributed by atoms with E-state index in [0.717, 1.165) is 10.7 Å². The van der Waals surface area contributed by atoms with Crippen molar-refractivity contribution in [3.8, 4) is 0 Å². The molecule has 0 rings (SSSR count). The van der Waals surface area contributed by atoms with Gasteiger partial charge < -0.3 is 0 Å². The Morgan fingerprint density at radius 1 is 0.667 bits per heavy atom. The average molecular weight is 319 g/mol. The fourth-order valence-electron chi connectivity index (χ4n) is 2.34. The summed E-state index contributed by atoms with van der Waals surface area (Å²) < 4.78 is 0. The number of halogens is 1. The number of rotatable bonds is 13. The number of unbranched alkanes of at least 4 members (excludes halogenated alkanes) is 10. The molecule has 0 aromatic heterocycles. The Morgan fingerprint density at radius 3 is 1.44 bits per heavy atom. The second-order valence-electron chi connectivity index (χ2n) is 6.08. The van der Waals surface area contributed by atoms with Crippen LogP contribution in [0, 0.1) is 5.92 Å². The van der Waals surface area contributed by atoms with E-state index in [1.165, 1.54) is 77.0 Å². The molecule has 0 N–H and O–H groups in total. The van der Waals surface area contributed by atoms with Crippen LogP contribution in [0.4, 0.5) is 0 Å². The van der Waals surface area contributed by atoms with E-state index in [9.17, 15) is 0 Å². The highest BCUT2D eigenvalue weighted by molar-refractivity contribution is 9.09. The normalized spacial score (nSPS) is 13.2. The summed E-state index contributed by atoms with van der Waals surface area (Å²) >= 11 is 3.77. The van der Waals surface area contributed by atoms with Gasteiger partial charge in [-0.3, -0.25) is 0 Å². The third-order valence-corrected chi connectivity index (χ3v) is 5.32.